The van der Waals surface area contributed by atoms with Crippen LogP contribution in [-0.4, -0.2) is 14.8 Å². The monoisotopic (exact) mass is 441 g/mol. The van der Waals surface area contributed by atoms with Crippen molar-refractivity contribution >= 4 is 33.9 Å². The molecule has 0 aliphatic carbocycles. The SMILES string of the molecule is Cc1cc(Oc2c([N+](=O)[O-])cc(C(F)(F)F)cc2[N+](=O)[O-])c2c(Cl)ccc(C)c2n1. The summed E-state index contributed by atoms with van der Waals surface area (Å²) in [6.45, 7) is 3.31. The number of halogens is 4. The molecular formula is C18H11ClF3N3O5. The number of fused-ring (bicyclic) bond motifs is 1. The standard InChI is InChI=1S/C18H11ClF3N3O5/c1-8-3-4-11(19)15-14(5-9(2)23-16(8)15)30-17-12(24(26)27)6-10(18(20,21)22)7-13(17)25(28)29/h3-7H,1-2H3. The summed E-state index contributed by atoms with van der Waals surface area (Å²) < 4.78 is 44.7. The van der Waals surface area contributed by atoms with Crippen molar-refractivity contribution < 1.29 is 27.8 Å². The summed E-state index contributed by atoms with van der Waals surface area (Å²) in [6, 6.07) is 4.89. The second-order valence-corrected chi connectivity index (χ2v) is 6.71. The molecule has 0 atom stereocenters. The van der Waals surface area contributed by atoms with Gasteiger partial charge < -0.3 is 4.74 Å². The molecule has 3 rings (SSSR count). The van der Waals surface area contributed by atoms with E-state index in [0.717, 1.165) is 0 Å². The summed E-state index contributed by atoms with van der Waals surface area (Å²) in [4.78, 5) is 24.8. The lowest BCUT2D eigenvalue weighted by atomic mass is 10.1. The van der Waals surface area contributed by atoms with Gasteiger partial charge in [-0.15, -0.1) is 0 Å². The van der Waals surface area contributed by atoms with E-state index in [9.17, 15) is 33.4 Å². The van der Waals surface area contributed by atoms with Gasteiger partial charge >= 0.3 is 17.6 Å². The number of ether oxygens (including phenoxy) is 1. The number of nitro benzene ring substituents is 2. The molecule has 0 aliphatic heterocycles. The molecule has 12 heteroatoms. The van der Waals surface area contributed by atoms with E-state index in [2.05, 4.69) is 4.98 Å². The van der Waals surface area contributed by atoms with E-state index in [1.165, 1.54) is 12.1 Å². The van der Waals surface area contributed by atoms with Crippen molar-refractivity contribution in [1.29, 1.82) is 0 Å². The minimum Gasteiger partial charge on any atom is -0.443 e. The Kier molecular flexibility index (Phi) is 5.25. The molecular weight excluding hydrogens is 431 g/mol. The maximum absolute atomic E-state index is 13.1. The quantitative estimate of drug-likeness (QED) is 0.355. The Morgan fingerprint density at radius 3 is 2.10 bits per heavy atom. The van der Waals surface area contributed by atoms with Crippen LogP contribution in [0.4, 0.5) is 24.5 Å². The first kappa shape index (κ1) is 21.2. The Morgan fingerprint density at radius 1 is 1.03 bits per heavy atom. The summed E-state index contributed by atoms with van der Waals surface area (Å²) in [7, 11) is 0. The van der Waals surface area contributed by atoms with Crippen LogP contribution in [0, 0.1) is 34.1 Å². The van der Waals surface area contributed by atoms with E-state index in [4.69, 9.17) is 16.3 Å². The Balaban J connectivity index is 2.34. The van der Waals surface area contributed by atoms with Crippen LogP contribution in [0.15, 0.2) is 30.3 Å². The van der Waals surface area contributed by atoms with Gasteiger partial charge in [0, 0.05) is 23.9 Å². The second kappa shape index (κ2) is 7.41. The molecule has 0 bridgehead atoms. The maximum Gasteiger partial charge on any atom is 0.416 e. The predicted octanol–water partition coefficient (Wildman–Crippen LogP) is 6.13. The van der Waals surface area contributed by atoms with Crippen molar-refractivity contribution in [3.05, 3.63) is 72.4 Å². The lowest BCUT2D eigenvalue weighted by molar-refractivity contribution is -0.396. The van der Waals surface area contributed by atoms with Crippen LogP contribution >= 0.6 is 11.6 Å². The smallest absolute Gasteiger partial charge is 0.416 e. The highest BCUT2D eigenvalue weighted by Crippen LogP contribution is 2.46. The van der Waals surface area contributed by atoms with Crippen molar-refractivity contribution in [2.75, 3.05) is 0 Å². The van der Waals surface area contributed by atoms with Crippen molar-refractivity contribution in [2.45, 2.75) is 20.0 Å². The van der Waals surface area contributed by atoms with E-state index in [0.29, 0.717) is 16.8 Å². The number of hydrogen-bond acceptors (Lipinski definition) is 6. The zero-order chi connectivity index (χ0) is 22.4. The Bertz CT molecular complexity index is 1180. The fraction of sp³-hybridized carbons (Fsp3) is 0.167. The molecule has 0 saturated carbocycles. The number of benzene rings is 2. The number of alkyl halides is 3. The van der Waals surface area contributed by atoms with Gasteiger partial charge in [0.25, 0.3) is 5.75 Å². The van der Waals surface area contributed by atoms with Crippen molar-refractivity contribution in [2.24, 2.45) is 0 Å². The lowest BCUT2D eigenvalue weighted by Gasteiger charge is -2.14. The highest BCUT2D eigenvalue weighted by Gasteiger charge is 2.39. The number of nitro groups is 2. The van der Waals surface area contributed by atoms with Gasteiger partial charge in [0.15, 0.2) is 0 Å². The topological polar surface area (TPSA) is 108 Å². The Morgan fingerprint density at radius 2 is 1.60 bits per heavy atom. The summed E-state index contributed by atoms with van der Waals surface area (Å²) in [5.74, 6) is -1.06. The first-order valence-electron chi connectivity index (χ1n) is 8.18. The normalized spacial score (nSPS) is 11.5. The maximum atomic E-state index is 13.1. The third-order valence-electron chi connectivity index (χ3n) is 4.19. The number of aromatic nitrogens is 1. The van der Waals surface area contributed by atoms with Crippen molar-refractivity contribution in [3.8, 4) is 11.5 Å². The third kappa shape index (κ3) is 3.83. The average molecular weight is 442 g/mol. The Labute approximate surface area is 171 Å². The van der Waals surface area contributed by atoms with Crippen molar-refractivity contribution in [3.63, 3.8) is 0 Å². The van der Waals surface area contributed by atoms with E-state index in [1.54, 1.807) is 19.9 Å². The van der Waals surface area contributed by atoms with Gasteiger partial charge in [0.05, 0.1) is 31.3 Å². The van der Waals surface area contributed by atoms with E-state index < -0.39 is 38.7 Å². The van der Waals surface area contributed by atoms with Crippen LogP contribution in [0.5, 0.6) is 11.5 Å². The van der Waals surface area contributed by atoms with Gasteiger partial charge in [-0.2, -0.15) is 13.2 Å². The number of aryl methyl sites for hydroxylation is 2. The summed E-state index contributed by atoms with van der Waals surface area (Å²) in [6.07, 6.45) is -5.03. The van der Waals surface area contributed by atoms with Gasteiger partial charge in [-0.25, -0.2) is 0 Å². The van der Waals surface area contributed by atoms with Gasteiger partial charge in [-0.1, -0.05) is 17.7 Å². The highest BCUT2D eigenvalue weighted by atomic mass is 35.5. The molecule has 0 saturated heterocycles. The molecule has 0 spiro atoms. The zero-order valence-electron chi connectivity index (χ0n) is 15.3. The molecule has 1 heterocycles. The summed E-state index contributed by atoms with van der Waals surface area (Å²) >= 11 is 6.21. The predicted molar refractivity (Wildman–Crippen MR) is 101 cm³/mol. The first-order chi connectivity index (χ1) is 13.9. The number of hydrogen-bond donors (Lipinski definition) is 0. The van der Waals surface area contributed by atoms with Crippen LogP contribution in [0.3, 0.4) is 0 Å². The first-order valence-corrected chi connectivity index (χ1v) is 8.56. The average Bonchev–Trinajstić information content (AvgIpc) is 2.63. The molecule has 0 unspecified atom stereocenters. The summed E-state index contributed by atoms with van der Waals surface area (Å²) in [5.41, 5.74) is -2.49. The fourth-order valence-corrected chi connectivity index (χ4v) is 3.09. The minimum atomic E-state index is -5.03. The molecule has 8 nitrogen and oxygen atoms in total. The fourth-order valence-electron chi connectivity index (χ4n) is 2.85. The number of pyridine rings is 1. The van der Waals surface area contributed by atoms with Crippen LogP contribution < -0.4 is 4.74 Å². The molecule has 0 N–H and O–H groups in total. The molecule has 0 amide bonds. The third-order valence-corrected chi connectivity index (χ3v) is 4.50. The molecule has 0 radical (unpaired) electrons. The number of nitrogens with zero attached hydrogens (tertiary/aromatic N) is 3. The second-order valence-electron chi connectivity index (χ2n) is 6.31. The van der Waals surface area contributed by atoms with Gasteiger partial charge in [-0.3, -0.25) is 25.2 Å². The summed E-state index contributed by atoms with van der Waals surface area (Å²) in [5, 5.41) is 23.2. The van der Waals surface area contributed by atoms with Gasteiger partial charge in [0.1, 0.15) is 5.75 Å². The lowest BCUT2D eigenvalue weighted by Crippen LogP contribution is -2.08. The largest absolute Gasteiger partial charge is 0.443 e. The van der Waals surface area contributed by atoms with Crippen LogP contribution in [0.1, 0.15) is 16.8 Å². The number of rotatable bonds is 4. The van der Waals surface area contributed by atoms with E-state index in [1.807, 2.05) is 0 Å². The minimum absolute atomic E-state index is 0.114. The van der Waals surface area contributed by atoms with E-state index in [-0.39, 0.29) is 28.3 Å². The van der Waals surface area contributed by atoms with Crippen LogP contribution in [-0.2, 0) is 6.18 Å². The van der Waals surface area contributed by atoms with Crippen LogP contribution in [0.2, 0.25) is 5.02 Å². The zero-order valence-corrected chi connectivity index (χ0v) is 16.0. The van der Waals surface area contributed by atoms with Gasteiger partial charge in [0.2, 0.25) is 0 Å². The highest BCUT2D eigenvalue weighted by molar-refractivity contribution is 6.36. The van der Waals surface area contributed by atoms with Gasteiger partial charge in [-0.05, 0) is 25.5 Å². The Hall–Kier alpha value is -3.47. The molecule has 0 aliphatic rings. The molecule has 3 aromatic rings. The molecule has 30 heavy (non-hydrogen) atoms. The molecule has 0 fully saturated rings. The van der Waals surface area contributed by atoms with Crippen LogP contribution in [0.25, 0.3) is 10.9 Å². The van der Waals surface area contributed by atoms with Crippen molar-refractivity contribution in [1.82, 2.24) is 4.98 Å². The molecule has 1 aromatic heterocycles. The molecule has 156 valence electrons. The van der Waals surface area contributed by atoms with E-state index >= 15 is 0 Å². The molecule has 2 aromatic carbocycles.